The molecule has 3 aliphatic rings. The van der Waals surface area contributed by atoms with E-state index in [1.54, 1.807) is 0 Å². The van der Waals surface area contributed by atoms with Gasteiger partial charge in [-0.3, -0.25) is 0 Å². The number of benzene rings is 14. The quantitative estimate of drug-likeness (QED) is 0.121. The van der Waals surface area contributed by atoms with Gasteiger partial charge in [-0.15, -0.1) is 0 Å². The van der Waals surface area contributed by atoms with Crippen LogP contribution in [0, 0.1) is 0 Å². The molecule has 0 fully saturated rings. The van der Waals surface area contributed by atoms with Gasteiger partial charge in [-0.25, -0.2) is 0 Å². The van der Waals surface area contributed by atoms with Crippen molar-refractivity contribution in [1.29, 1.82) is 0 Å². The van der Waals surface area contributed by atoms with Crippen LogP contribution in [0.5, 0.6) is 0 Å². The van der Waals surface area contributed by atoms with E-state index in [0.717, 1.165) is 69.0 Å². The van der Waals surface area contributed by atoms with E-state index in [4.69, 9.17) is 0 Å². The molecule has 18 rings (SSSR count). The van der Waals surface area contributed by atoms with Gasteiger partial charge >= 0.3 is 0 Å². The number of rotatable bonds is 12. The van der Waals surface area contributed by atoms with Crippen LogP contribution in [0.4, 0.5) is 62.6 Å². The fourth-order valence-corrected chi connectivity index (χ4v) is 15.6. The van der Waals surface area contributed by atoms with E-state index < -0.39 is 5.41 Å². The molecule has 0 bridgehead atoms. The first-order valence-electron chi connectivity index (χ1n) is 31.9. The van der Waals surface area contributed by atoms with E-state index in [1.807, 2.05) is 0 Å². The highest BCUT2D eigenvalue weighted by atomic mass is 15.2. The second-order valence-corrected chi connectivity index (χ2v) is 24.3. The lowest BCUT2D eigenvalue weighted by Crippen LogP contribution is -2.34. The molecule has 434 valence electrons. The first-order valence-corrected chi connectivity index (χ1v) is 31.9. The Morgan fingerprint density at radius 2 is 0.772 bits per heavy atom. The topological polar surface area (TPSA) is 17.9 Å². The molecule has 0 amide bonds. The average Bonchev–Trinajstić information content (AvgIpc) is 1.46. The number of aromatic nitrogens is 1. The zero-order valence-electron chi connectivity index (χ0n) is 50.5. The number of fused-ring (bicyclic) bond motifs is 14. The largest absolute Gasteiger partial charge is 0.334 e. The highest BCUT2D eigenvalue weighted by Gasteiger charge is 2.51. The second-order valence-electron chi connectivity index (χ2n) is 24.3. The SMILES string of the molecule is C1=Cc2ccccc2C(N(c2ccc(N(c3ccccc3)c3ccccc3)cc2)c2ccc3c(c2)C2(c4cc(N(c5ccc(N(c6ccccc6)c6ccccc6)cc5)c5cccc6ccccc56)ccc4-3)c3ccccc3-n3c4ccccc4c4cccc2c43)C1. The maximum Gasteiger partial charge on any atom is 0.0756 e. The molecule has 92 heavy (non-hydrogen) atoms. The Morgan fingerprint density at radius 1 is 0.315 bits per heavy atom. The number of hydrogen-bond acceptors (Lipinski definition) is 4. The van der Waals surface area contributed by atoms with Crippen LogP contribution in [0.15, 0.2) is 346 Å². The number of para-hydroxylation sites is 7. The van der Waals surface area contributed by atoms with Gasteiger partial charge in [0, 0.05) is 73.0 Å². The minimum absolute atomic E-state index is 0.00323. The molecule has 2 aliphatic carbocycles. The van der Waals surface area contributed by atoms with Gasteiger partial charge in [-0.1, -0.05) is 212 Å². The second kappa shape index (κ2) is 21.7. The summed E-state index contributed by atoms with van der Waals surface area (Å²) in [6.07, 6.45) is 5.51. The van der Waals surface area contributed by atoms with Gasteiger partial charge in [0.15, 0.2) is 0 Å². The summed E-state index contributed by atoms with van der Waals surface area (Å²) in [6.45, 7) is 0. The molecular weight excluding hydrogens is 1110 g/mol. The molecule has 1 aliphatic heterocycles. The van der Waals surface area contributed by atoms with E-state index in [9.17, 15) is 0 Å². The van der Waals surface area contributed by atoms with E-state index in [-0.39, 0.29) is 6.04 Å². The molecule has 2 atom stereocenters. The maximum absolute atomic E-state index is 2.62. The van der Waals surface area contributed by atoms with Crippen molar-refractivity contribution < 1.29 is 0 Å². The van der Waals surface area contributed by atoms with Crippen LogP contribution in [0.1, 0.15) is 45.8 Å². The summed E-state index contributed by atoms with van der Waals surface area (Å²) in [7, 11) is 0. The van der Waals surface area contributed by atoms with Gasteiger partial charge in [0.25, 0.3) is 0 Å². The molecule has 0 saturated carbocycles. The van der Waals surface area contributed by atoms with E-state index >= 15 is 0 Å². The van der Waals surface area contributed by atoms with E-state index in [1.165, 1.54) is 82.8 Å². The molecule has 1 spiro atoms. The molecule has 5 nitrogen and oxygen atoms in total. The molecule has 0 saturated heterocycles. The van der Waals surface area contributed by atoms with E-state index in [0.29, 0.717) is 0 Å². The van der Waals surface area contributed by atoms with Crippen LogP contribution >= 0.6 is 0 Å². The molecule has 2 unspecified atom stereocenters. The van der Waals surface area contributed by atoms with Crippen LogP contribution in [0.25, 0.3) is 55.5 Å². The fourth-order valence-electron chi connectivity index (χ4n) is 15.6. The fraction of sp³-hybridized carbons (Fsp3) is 0.0345. The van der Waals surface area contributed by atoms with Gasteiger partial charge in [0.05, 0.1) is 33.9 Å². The summed E-state index contributed by atoms with van der Waals surface area (Å²) in [5.41, 5.74) is 25.0. The van der Waals surface area contributed by atoms with Crippen LogP contribution in [-0.4, -0.2) is 4.57 Å². The first-order chi connectivity index (χ1) is 45.7. The van der Waals surface area contributed by atoms with Gasteiger partial charge < -0.3 is 24.2 Å². The minimum Gasteiger partial charge on any atom is -0.334 e. The molecule has 14 aromatic carbocycles. The molecular formula is C87H61N5. The minimum atomic E-state index is -0.775. The Labute approximate surface area is 536 Å². The van der Waals surface area contributed by atoms with Crippen molar-refractivity contribution in [3.63, 3.8) is 0 Å². The molecule has 1 aromatic heterocycles. The van der Waals surface area contributed by atoms with Crippen molar-refractivity contribution in [3.8, 4) is 16.8 Å². The van der Waals surface area contributed by atoms with Crippen LogP contribution in [-0.2, 0) is 5.41 Å². The smallest absolute Gasteiger partial charge is 0.0756 e. The van der Waals surface area contributed by atoms with Crippen molar-refractivity contribution in [2.75, 3.05) is 19.6 Å². The van der Waals surface area contributed by atoms with Crippen molar-refractivity contribution >= 4 is 101 Å². The summed E-state index contributed by atoms with van der Waals surface area (Å²) in [6, 6.07) is 126. The maximum atomic E-state index is 2.62. The Bertz CT molecular complexity index is 5250. The number of anilines is 11. The summed E-state index contributed by atoms with van der Waals surface area (Å²) in [5.74, 6) is 0. The summed E-state index contributed by atoms with van der Waals surface area (Å²) in [4.78, 5) is 9.80. The van der Waals surface area contributed by atoms with Crippen LogP contribution in [0.2, 0.25) is 0 Å². The zero-order chi connectivity index (χ0) is 60.7. The van der Waals surface area contributed by atoms with Crippen LogP contribution < -0.4 is 19.6 Å². The Balaban J connectivity index is 0.869. The summed E-state index contributed by atoms with van der Waals surface area (Å²) in [5, 5.41) is 4.86. The van der Waals surface area contributed by atoms with Gasteiger partial charge in [0.1, 0.15) is 0 Å². The lowest BCUT2D eigenvalue weighted by Gasteiger charge is -2.41. The third kappa shape index (κ3) is 8.32. The molecule has 2 heterocycles. The standard InChI is InChI=1S/C87H61N5/c1-5-28-62(29-6-1)88(63-30-7-2-8-31-63)66-46-50-68(51-47-66)90(82-44-21-26-60-24-13-15-36-72(60)82)70-54-56-74-75-57-55-71(59-81(75)87(80(74)58-70)78-40-18-20-43-85(78)92-84-42-19-17-38-76(84)77-39-23-41-79(87)86(77)92)91(83-45-22-27-61-25-14-16-37-73(61)83)69-52-48-67(49-53-69)89(64-32-9-3-10-33-64)65-34-11-4-12-35-65/h1-44,46-59,83H,45H2. The Morgan fingerprint density at radius 3 is 1.42 bits per heavy atom. The molecule has 0 N–H and O–H groups in total. The third-order valence-corrected chi connectivity index (χ3v) is 19.4. The van der Waals surface area contributed by atoms with Crippen molar-refractivity contribution in [3.05, 3.63) is 379 Å². The lowest BCUT2D eigenvalue weighted by atomic mass is 9.65. The van der Waals surface area contributed by atoms with Crippen molar-refractivity contribution in [2.24, 2.45) is 0 Å². The van der Waals surface area contributed by atoms with Gasteiger partial charge in [0.2, 0.25) is 0 Å². The predicted molar refractivity (Wildman–Crippen MR) is 385 cm³/mol. The monoisotopic (exact) mass is 1180 g/mol. The van der Waals surface area contributed by atoms with Gasteiger partial charge in [-0.2, -0.15) is 0 Å². The van der Waals surface area contributed by atoms with Crippen LogP contribution in [0.3, 0.4) is 0 Å². The van der Waals surface area contributed by atoms with Crippen molar-refractivity contribution in [1.82, 2.24) is 4.57 Å². The number of nitrogens with zero attached hydrogens (tertiary/aromatic N) is 5. The van der Waals surface area contributed by atoms with Gasteiger partial charge in [-0.05, 0) is 196 Å². The Kier molecular flexibility index (Phi) is 12.5. The number of hydrogen-bond donors (Lipinski definition) is 0. The highest BCUT2D eigenvalue weighted by molar-refractivity contribution is 6.13. The average molecular weight is 1180 g/mol. The lowest BCUT2D eigenvalue weighted by molar-refractivity contribution is 0.699. The third-order valence-electron chi connectivity index (χ3n) is 19.4. The zero-order valence-corrected chi connectivity index (χ0v) is 50.5. The highest BCUT2D eigenvalue weighted by Crippen LogP contribution is 2.63. The summed E-state index contributed by atoms with van der Waals surface area (Å²) >= 11 is 0. The first kappa shape index (κ1) is 53.1. The molecule has 5 heteroatoms. The molecule has 0 radical (unpaired) electrons. The predicted octanol–water partition coefficient (Wildman–Crippen LogP) is 23.3. The Hall–Kier alpha value is -11.9. The summed E-state index contributed by atoms with van der Waals surface area (Å²) < 4.78 is 2.55. The van der Waals surface area contributed by atoms with E-state index in [2.05, 4.69) is 376 Å². The normalized spacial score (nSPS) is 14.8. The molecule has 15 aromatic rings. The van der Waals surface area contributed by atoms with Crippen molar-refractivity contribution in [2.45, 2.75) is 17.9 Å².